The molecule has 0 radical (unpaired) electrons. The van der Waals surface area contributed by atoms with Gasteiger partial charge in [-0.25, -0.2) is 0 Å². The largest absolute Gasteiger partial charge is 0.369 e. The Kier molecular flexibility index (Phi) is 2.27. The summed E-state index contributed by atoms with van der Waals surface area (Å²) in [6.45, 7) is 0.857. The van der Waals surface area contributed by atoms with Crippen molar-refractivity contribution < 1.29 is 9.59 Å². The zero-order valence-corrected chi connectivity index (χ0v) is 11.1. The van der Waals surface area contributed by atoms with Crippen LogP contribution in [-0.4, -0.2) is 29.3 Å². The van der Waals surface area contributed by atoms with Crippen molar-refractivity contribution >= 4 is 17.5 Å². The number of primary amides is 1. The number of hydrogen-bond donors (Lipinski definition) is 2. The first-order valence-electron chi connectivity index (χ1n) is 7.12. The summed E-state index contributed by atoms with van der Waals surface area (Å²) in [5, 5.41) is 2.94. The Morgan fingerprint density at radius 3 is 3.00 bits per heavy atom. The lowest BCUT2D eigenvalue weighted by Gasteiger charge is -2.35. The number of carbonyl (C=O) groups is 2. The smallest absolute Gasteiger partial charge is 0.250 e. The van der Waals surface area contributed by atoms with Gasteiger partial charge in [0.2, 0.25) is 11.8 Å². The van der Waals surface area contributed by atoms with E-state index in [4.69, 9.17) is 5.73 Å². The molecule has 3 atom stereocenters. The van der Waals surface area contributed by atoms with Gasteiger partial charge < -0.3 is 11.1 Å². The number of nitrogens with two attached hydrogens (primary N) is 1. The van der Waals surface area contributed by atoms with Crippen molar-refractivity contribution in [1.82, 2.24) is 4.90 Å². The third kappa shape index (κ3) is 1.21. The van der Waals surface area contributed by atoms with E-state index in [-0.39, 0.29) is 11.8 Å². The van der Waals surface area contributed by atoms with Crippen LogP contribution in [0.2, 0.25) is 0 Å². The van der Waals surface area contributed by atoms with E-state index < -0.39 is 11.5 Å². The minimum absolute atomic E-state index is 0.0908. The molecule has 1 aromatic rings. The lowest BCUT2D eigenvalue weighted by atomic mass is 9.78. The van der Waals surface area contributed by atoms with Crippen molar-refractivity contribution in [2.24, 2.45) is 11.7 Å². The lowest BCUT2D eigenvalue weighted by molar-refractivity contribution is -0.135. The van der Waals surface area contributed by atoms with Crippen molar-refractivity contribution in [1.29, 1.82) is 0 Å². The highest BCUT2D eigenvalue weighted by atomic mass is 16.2. The van der Waals surface area contributed by atoms with Crippen molar-refractivity contribution in [3.05, 3.63) is 29.8 Å². The first-order chi connectivity index (χ1) is 9.65. The second-order valence-electron chi connectivity index (χ2n) is 5.95. The van der Waals surface area contributed by atoms with Crippen LogP contribution in [0.15, 0.2) is 24.3 Å². The fourth-order valence-corrected chi connectivity index (χ4v) is 4.41. The van der Waals surface area contributed by atoms with E-state index in [2.05, 4.69) is 10.2 Å². The molecule has 0 saturated carbocycles. The summed E-state index contributed by atoms with van der Waals surface area (Å²) in [6.07, 6.45) is 2.81. The molecular weight excluding hydrogens is 254 g/mol. The fourth-order valence-electron chi connectivity index (χ4n) is 4.41. The number of anilines is 1. The van der Waals surface area contributed by atoms with E-state index in [9.17, 15) is 9.59 Å². The van der Waals surface area contributed by atoms with Crippen LogP contribution >= 0.6 is 0 Å². The molecule has 3 N–H and O–H groups in total. The summed E-state index contributed by atoms with van der Waals surface area (Å²) in [7, 11) is 0. The standard InChI is InChI=1S/C15H17N3O2/c16-13(19)11-8-9-4-3-7-18(9)15(11)10-5-1-2-6-12(10)17-14(15)20/h1-2,5-6,9,11H,3-4,7-8H2,(H2,16,19)(H,17,20)/t9-,11+,15-/m1/s1. The summed E-state index contributed by atoms with van der Waals surface area (Å²) in [5.74, 6) is -0.894. The molecule has 2 fully saturated rings. The first kappa shape index (κ1) is 11.9. The molecule has 2 amide bonds. The summed E-state index contributed by atoms with van der Waals surface area (Å²) >= 11 is 0. The fraction of sp³-hybridized carbons (Fsp3) is 0.467. The second-order valence-corrected chi connectivity index (χ2v) is 5.95. The van der Waals surface area contributed by atoms with Crippen LogP contribution in [0.1, 0.15) is 24.8 Å². The average Bonchev–Trinajstić information content (AvgIpc) is 3.05. The quantitative estimate of drug-likeness (QED) is 0.793. The van der Waals surface area contributed by atoms with E-state index in [1.54, 1.807) is 0 Å². The summed E-state index contributed by atoms with van der Waals surface area (Å²) in [4.78, 5) is 26.9. The number of amides is 2. The maximum atomic E-state index is 12.8. The Labute approximate surface area is 117 Å². The number of benzene rings is 1. The van der Waals surface area contributed by atoms with Crippen LogP contribution in [0, 0.1) is 5.92 Å². The Morgan fingerprint density at radius 2 is 2.20 bits per heavy atom. The van der Waals surface area contributed by atoms with Crippen molar-refractivity contribution in [3.8, 4) is 0 Å². The first-order valence-corrected chi connectivity index (χ1v) is 7.12. The Balaban J connectivity index is 1.96. The number of nitrogens with one attached hydrogen (secondary N) is 1. The zero-order valence-electron chi connectivity index (χ0n) is 11.1. The molecule has 20 heavy (non-hydrogen) atoms. The van der Waals surface area contributed by atoms with E-state index in [1.165, 1.54) is 0 Å². The summed E-state index contributed by atoms with van der Waals surface area (Å²) in [5.41, 5.74) is 6.49. The average molecular weight is 271 g/mol. The SMILES string of the molecule is NC(=O)[C@@H]1C[C@H]2CCCN2[C@@]12C(=O)Nc1ccccc12. The molecule has 3 aliphatic heterocycles. The predicted octanol–water partition coefficient (Wildman–Crippen LogP) is 0.804. The van der Waals surface area contributed by atoms with Gasteiger partial charge in [0.15, 0.2) is 0 Å². The molecule has 0 aliphatic carbocycles. The minimum atomic E-state index is -0.871. The number of carbonyl (C=O) groups excluding carboxylic acids is 2. The van der Waals surface area contributed by atoms with Gasteiger partial charge in [-0.05, 0) is 31.9 Å². The van der Waals surface area contributed by atoms with Gasteiger partial charge in [0.25, 0.3) is 0 Å². The molecule has 0 bridgehead atoms. The molecule has 5 nitrogen and oxygen atoms in total. The minimum Gasteiger partial charge on any atom is -0.369 e. The molecule has 3 heterocycles. The molecule has 0 aromatic heterocycles. The van der Waals surface area contributed by atoms with Gasteiger partial charge in [-0.1, -0.05) is 18.2 Å². The molecule has 1 aromatic carbocycles. The van der Waals surface area contributed by atoms with E-state index in [0.717, 1.165) is 30.6 Å². The van der Waals surface area contributed by atoms with Crippen molar-refractivity contribution in [3.63, 3.8) is 0 Å². The third-order valence-corrected chi connectivity index (χ3v) is 5.12. The highest BCUT2D eigenvalue weighted by Gasteiger charge is 2.64. The van der Waals surface area contributed by atoms with Gasteiger partial charge in [-0.15, -0.1) is 0 Å². The third-order valence-electron chi connectivity index (χ3n) is 5.12. The lowest BCUT2D eigenvalue weighted by Crippen LogP contribution is -2.53. The Bertz CT molecular complexity index is 615. The highest BCUT2D eigenvalue weighted by Crippen LogP contribution is 2.54. The molecule has 0 unspecified atom stereocenters. The van der Waals surface area contributed by atoms with Crippen LogP contribution in [-0.2, 0) is 15.1 Å². The van der Waals surface area contributed by atoms with Crippen LogP contribution in [0.25, 0.3) is 0 Å². The Morgan fingerprint density at radius 1 is 1.40 bits per heavy atom. The van der Waals surface area contributed by atoms with Gasteiger partial charge in [-0.2, -0.15) is 0 Å². The number of para-hydroxylation sites is 1. The zero-order chi connectivity index (χ0) is 13.9. The maximum absolute atomic E-state index is 12.8. The van der Waals surface area contributed by atoms with Gasteiger partial charge in [-0.3, -0.25) is 14.5 Å². The highest BCUT2D eigenvalue weighted by molar-refractivity contribution is 6.09. The maximum Gasteiger partial charge on any atom is 0.250 e. The van der Waals surface area contributed by atoms with E-state index in [0.29, 0.717) is 12.5 Å². The molecular formula is C15H17N3O2. The monoisotopic (exact) mass is 271 g/mol. The van der Waals surface area contributed by atoms with Crippen molar-refractivity contribution in [2.45, 2.75) is 30.8 Å². The molecule has 5 heteroatoms. The van der Waals surface area contributed by atoms with Gasteiger partial charge in [0.05, 0.1) is 5.92 Å². The van der Waals surface area contributed by atoms with Crippen LogP contribution in [0.4, 0.5) is 5.69 Å². The second kappa shape index (κ2) is 3.82. The number of hydrogen-bond acceptors (Lipinski definition) is 3. The van der Waals surface area contributed by atoms with Crippen molar-refractivity contribution in [2.75, 3.05) is 11.9 Å². The van der Waals surface area contributed by atoms with E-state index >= 15 is 0 Å². The Hall–Kier alpha value is -1.88. The van der Waals surface area contributed by atoms with Crippen LogP contribution < -0.4 is 11.1 Å². The summed E-state index contributed by atoms with van der Waals surface area (Å²) < 4.78 is 0. The van der Waals surface area contributed by atoms with Crippen LogP contribution in [0.5, 0.6) is 0 Å². The molecule has 2 saturated heterocycles. The normalized spacial score (nSPS) is 35.1. The number of fused-ring (bicyclic) bond motifs is 4. The van der Waals surface area contributed by atoms with Gasteiger partial charge in [0.1, 0.15) is 5.54 Å². The molecule has 4 rings (SSSR count). The topological polar surface area (TPSA) is 75.4 Å². The number of rotatable bonds is 1. The molecule has 3 aliphatic rings. The van der Waals surface area contributed by atoms with E-state index in [1.807, 2.05) is 24.3 Å². The number of nitrogens with zero attached hydrogens (tertiary/aromatic N) is 1. The van der Waals surface area contributed by atoms with Crippen LogP contribution in [0.3, 0.4) is 0 Å². The molecule has 1 spiro atoms. The van der Waals surface area contributed by atoms with Gasteiger partial charge in [0, 0.05) is 17.3 Å². The molecule has 104 valence electrons. The summed E-state index contributed by atoms with van der Waals surface area (Å²) in [6, 6.07) is 7.95. The van der Waals surface area contributed by atoms with Gasteiger partial charge >= 0.3 is 0 Å². The predicted molar refractivity (Wildman–Crippen MR) is 73.8 cm³/mol.